The van der Waals surface area contributed by atoms with Gasteiger partial charge in [0.15, 0.2) is 0 Å². The molecule has 0 spiro atoms. The van der Waals surface area contributed by atoms with E-state index in [-0.39, 0.29) is 6.04 Å². The predicted octanol–water partition coefficient (Wildman–Crippen LogP) is 9.59. The van der Waals surface area contributed by atoms with E-state index in [9.17, 15) is 0 Å². The molecule has 0 N–H and O–H groups in total. The summed E-state index contributed by atoms with van der Waals surface area (Å²) < 4.78 is 0. The quantitative estimate of drug-likeness (QED) is 0.153. The van der Waals surface area contributed by atoms with E-state index in [1.165, 1.54) is 16.7 Å². The van der Waals surface area contributed by atoms with Gasteiger partial charge in [-0.3, -0.25) is 9.98 Å². The van der Waals surface area contributed by atoms with E-state index >= 15 is 0 Å². The lowest BCUT2D eigenvalue weighted by atomic mass is 10.0. The molecule has 1 aromatic carbocycles. The maximum absolute atomic E-state index is 4.85. The van der Waals surface area contributed by atoms with Crippen LogP contribution in [0, 0.1) is 0 Å². The van der Waals surface area contributed by atoms with Crippen LogP contribution in [0.4, 0.5) is 0 Å². The van der Waals surface area contributed by atoms with Crippen molar-refractivity contribution >= 4 is 17.5 Å². The third kappa shape index (κ3) is 12.6. The van der Waals surface area contributed by atoms with Gasteiger partial charge in [-0.2, -0.15) is 0 Å². The van der Waals surface area contributed by atoms with Gasteiger partial charge in [0, 0.05) is 24.5 Å². The third-order valence-corrected chi connectivity index (χ3v) is 5.36. The molecule has 1 rings (SSSR count). The van der Waals surface area contributed by atoms with E-state index in [1.807, 2.05) is 31.4 Å². The minimum atomic E-state index is 0.100. The van der Waals surface area contributed by atoms with Crippen molar-refractivity contribution in [2.75, 3.05) is 0 Å². The van der Waals surface area contributed by atoms with Crippen molar-refractivity contribution in [3.8, 4) is 0 Å². The lowest BCUT2D eigenvalue weighted by molar-refractivity contribution is 0.921. The summed E-state index contributed by atoms with van der Waals surface area (Å²) >= 11 is 0. The standard InChI is InChI=1S/C34H42N2/c1-9-11-13-17-27(3)25-30(6)28(4)21-22-29(5)33-19-16-20-34(26-33)32(8)36-31(7)18-14-15-24-35-23-12-10-2/h9-14,16-26,31H,2,6,15H2,1,3-5,7-8H3/b11-9-,17-13-,18-14+,23-12-,27-25+,28-21-,29-22+,35-24-,36-32+/t31-/m0/s1. The molecule has 0 bridgehead atoms. The molecule has 188 valence electrons. The first-order chi connectivity index (χ1) is 17.3. The Balaban J connectivity index is 2.90. The number of benzene rings is 1. The molecule has 0 aliphatic rings. The van der Waals surface area contributed by atoms with Crippen LogP contribution in [0.5, 0.6) is 0 Å². The molecular weight excluding hydrogens is 436 g/mol. The van der Waals surface area contributed by atoms with E-state index in [0.717, 1.165) is 28.8 Å². The number of nitrogens with zero attached hydrogens (tertiary/aromatic N) is 2. The lowest BCUT2D eigenvalue weighted by Gasteiger charge is -2.08. The summed E-state index contributed by atoms with van der Waals surface area (Å²) in [6.07, 6.45) is 26.6. The molecule has 0 aromatic heterocycles. The first-order valence-electron chi connectivity index (χ1n) is 12.4. The molecular formula is C34H42N2. The molecule has 1 aromatic rings. The number of aliphatic imine (C=N–C) groups is 2. The SMILES string of the molecule is C=C/C=C\N=C/C/C=C/[C@H](C)/N=C(\C)c1cccc(/C(C)=C/C=C(/C)C(=C)/C=C(C)/C=C\C=C/C)c1. The monoisotopic (exact) mass is 478 g/mol. The van der Waals surface area contributed by atoms with E-state index in [0.29, 0.717) is 0 Å². The van der Waals surface area contributed by atoms with Gasteiger partial charge < -0.3 is 0 Å². The molecule has 1 atom stereocenters. The molecule has 0 saturated heterocycles. The fourth-order valence-corrected chi connectivity index (χ4v) is 3.19. The van der Waals surface area contributed by atoms with Crippen LogP contribution in [0.25, 0.3) is 5.57 Å². The minimum Gasteiger partial charge on any atom is -0.282 e. The Hall–Kier alpha value is -3.78. The van der Waals surface area contributed by atoms with E-state index in [1.54, 1.807) is 18.4 Å². The highest BCUT2D eigenvalue weighted by atomic mass is 14.8. The van der Waals surface area contributed by atoms with Crippen molar-refractivity contribution in [1.29, 1.82) is 0 Å². The van der Waals surface area contributed by atoms with Gasteiger partial charge in [-0.15, -0.1) is 0 Å². The zero-order valence-corrected chi connectivity index (χ0v) is 22.9. The van der Waals surface area contributed by atoms with Gasteiger partial charge >= 0.3 is 0 Å². The highest BCUT2D eigenvalue weighted by molar-refractivity contribution is 5.99. The Kier molecular flexibility index (Phi) is 14.8. The number of hydrogen-bond acceptors (Lipinski definition) is 2. The summed E-state index contributed by atoms with van der Waals surface area (Å²) in [5.41, 5.74) is 7.87. The van der Waals surface area contributed by atoms with Crippen molar-refractivity contribution in [2.45, 2.75) is 54.0 Å². The summed E-state index contributed by atoms with van der Waals surface area (Å²) in [6, 6.07) is 8.65. The van der Waals surface area contributed by atoms with Crippen LogP contribution in [0.1, 0.15) is 59.1 Å². The molecule has 0 heterocycles. The van der Waals surface area contributed by atoms with E-state index in [2.05, 4.69) is 113 Å². The highest BCUT2D eigenvalue weighted by Gasteiger charge is 2.03. The van der Waals surface area contributed by atoms with Crippen molar-refractivity contribution in [3.05, 3.63) is 138 Å². The Morgan fingerprint density at radius 3 is 2.50 bits per heavy atom. The molecule has 0 amide bonds. The van der Waals surface area contributed by atoms with Crippen LogP contribution in [0.2, 0.25) is 0 Å². The predicted molar refractivity (Wildman–Crippen MR) is 164 cm³/mol. The minimum absolute atomic E-state index is 0.100. The Morgan fingerprint density at radius 2 is 1.78 bits per heavy atom. The van der Waals surface area contributed by atoms with Crippen LogP contribution in [0.15, 0.2) is 137 Å². The average Bonchev–Trinajstić information content (AvgIpc) is 2.86. The molecule has 2 nitrogen and oxygen atoms in total. The van der Waals surface area contributed by atoms with Crippen LogP contribution in [0.3, 0.4) is 0 Å². The second kappa shape index (κ2) is 17.6. The molecule has 0 aliphatic carbocycles. The third-order valence-electron chi connectivity index (χ3n) is 5.36. The maximum Gasteiger partial charge on any atom is 0.0655 e. The summed E-state index contributed by atoms with van der Waals surface area (Å²) in [5, 5.41) is 0. The summed E-state index contributed by atoms with van der Waals surface area (Å²) in [6.45, 7) is 20.3. The van der Waals surface area contributed by atoms with Crippen LogP contribution < -0.4 is 0 Å². The number of hydrogen-bond donors (Lipinski definition) is 0. The summed E-state index contributed by atoms with van der Waals surface area (Å²) in [4.78, 5) is 9.01. The van der Waals surface area contributed by atoms with Gasteiger partial charge in [-0.05, 0) is 81.5 Å². The second-order valence-electron chi connectivity index (χ2n) is 8.61. The number of allylic oxidation sites excluding steroid dienone is 14. The normalized spacial score (nSPS) is 15.3. The van der Waals surface area contributed by atoms with Gasteiger partial charge in [-0.25, -0.2) is 0 Å². The zero-order valence-electron chi connectivity index (χ0n) is 22.9. The second-order valence-corrected chi connectivity index (χ2v) is 8.61. The molecule has 0 aliphatic heterocycles. The molecule has 0 saturated carbocycles. The van der Waals surface area contributed by atoms with Crippen LogP contribution in [-0.4, -0.2) is 18.0 Å². The first kappa shape index (κ1) is 30.3. The van der Waals surface area contributed by atoms with Gasteiger partial charge in [0.25, 0.3) is 0 Å². The molecule has 36 heavy (non-hydrogen) atoms. The van der Waals surface area contributed by atoms with Gasteiger partial charge in [0.2, 0.25) is 0 Å². The maximum atomic E-state index is 4.85. The van der Waals surface area contributed by atoms with Crippen molar-refractivity contribution in [2.24, 2.45) is 9.98 Å². The van der Waals surface area contributed by atoms with Crippen molar-refractivity contribution < 1.29 is 0 Å². The smallest absolute Gasteiger partial charge is 0.0655 e. The highest BCUT2D eigenvalue weighted by Crippen LogP contribution is 2.19. The molecule has 0 radical (unpaired) electrons. The van der Waals surface area contributed by atoms with E-state index in [4.69, 9.17) is 4.99 Å². The first-order valence-corrected chi connectivity index (χ1v) is 12.4. The topological polar surface area (TPSA) is 24.7 Å². The fourth-order valence-electron chi connectivity index (χ4n) is 3.19. The summed E-state index contributed by atoms with van der Waals surface area (Å²) in [7, 11) is 0. The van der Waals surface area contributed by atoms with Crippen LogP contribution in [-0.2, 0) is 0 Å². The largest absolute Gasteiger partial charge is 0.282 e. The lowest BCUT2D eigenvalue weighted by Crippen LogP contribution is -2.02. The zero-order chi connectivity index (χ0) is 26.8. The fraction of sp³-hybridized carbons (Fsp3) is 0.235. The van der Waals surface area contributed by atoms with Gasteiger partial charge in [0.1, 0.15) is 0 Å². The Bertz CT molecular complexity index is 1140. The molecule has 0 unspecified atom stereocenters. The van der Waals surface area contributed by atoms with Crippen molar-refractivity contribution in [3.63, 3.8) is 0 Å². The Labute approximate surface area is 219 Å². The Morgan fingerprint density at radius 1 is 1.03 bits per heavy atom. The molecule has 0 fully saturated rings. The molecule has 2 heteroatoms. The summed E-state index contributed by atoms with van der Waals surface area (Å²) in [5.74, 6) is 0. The van der Waals surface area contributed by atoms with Crippen LogP contribution >= 0.6 is 0 Å². The van der Waals surface area contributed by atoms with Gasteiger partial charge in [-0.1, -0.05) is 97.7 Å². The average molecular weight is 479 g/mol. The number of rotatable bonds is 13. The van der Waals surface area contributed by atoms with E-state index < -0.39 is 0 Å². The van der Waals surface area contributed by atoms with Gasteiger partial charge in [0.05, 0.1) is 6.04 Å². The van der Waals surface area contributed by atoms with Crippen molar-refractivity contribution in [1.82, 2.24) is 0 Å².